The van der Waals surface area contributed by atoms with Crippen LogP contribution in [0.2, 0.25) is 0 Å². The SMILES string of the molecule is CC(=O)OC(OC(C)=O)=C(C)Cl. The molecule has 0 aromatic carbocycles. The van der Waals surface area contributed by atoms with E-state index < -0.39 is 11.9 Å². The van der Waals surface area contributed by atoms with Crippen LogP contribution in [0.25, 0.3) is 0 Å². The first kappa shape index (κ1) is 11.0. The van der Waals surface area contributed by atoms with Crippen LogP contribution in [0, 0.1) is 0 Å². The van der Waals surface area contributed by atoms with E-state index in [1.165, 1.54) is 20.8 Å². The molecule has 0 atom stereocenters. The van der Waals surface area contributed by atoms with Crippen LogP contribution in [0.15, 0.2) is 11.0 Å². The first-order valence-corrected chi connectivity index (χ1v) is 3.54. The molecule has 0 aliphatic rings. The van der Waals surface area contributed by atoms with Crippen molar-refractivity contribution in [3.05, 3.63) is 11.0 Å². The van der Waals surface area contributed by atoms with Gasteiger partial charge in [0.15, 0.2) is 0 Å². The molecule has 0 bridgehead atoms. The molecule has 0 rings (SSSR count). The van der Waals surface area contributed by atoms with Crippen LogP contribution in [0.4, 0.5) is 0 Å². The maximum absolute atomic E-state index is 10.4. The van der Waals surface area contributed by atoms with E-state index in [-0.39, 0.29) is 11.0 Å². The molecule has 0 spiro atoms. The van der Waals surface area contributed by atoms with Gasteiger partial charge in [-0.25, -0.2) is 0 Å². The third-order valence-electron chi connectivity index (χ3n) is 0.754. The molecule has 0 aromatic heterocycles. The van der Waals surface area contributed by atoms with Gasteiger partial charge in [-0.05, 0) is 6.92 Å². The third-order valence-corrected chi connectivity index (χ3v) is 0.908. The molecule has 4 nitrogen and oxygen atoms in total. The van der Waals surface area contributed by atoms with E-state index in [4.69, 9.17) is 11.6 Å². The Morgan fingerprint density at radius 3 is 1.50 bits per heavy atom. The van der Waals surface area contributed by atoms with Gasteiger partial charge in [0.1, 0.15) is 0 Å². The molecule has 0 saturated heterocycles. The van der Waals surface area contributed by atoms with Gasteiger partial charge >= 0.3 is 17.9 Å². The smallest absolute Gasteiger partial charge is 0.310 e. The van der Waals surface area contributed by atoms with Crippen molar-refractivity contribution >= 4 is 23.5 Å². The molecule has 0 aliphatic heterocycles. The second-order valence-electron chi connectivity index (χ2n) is 2.01. The predicted octanol–water partition coefficient (Wildman–Crippen LogP) is 1.54. The number of esters is 2. The topological polar surface area (TPSA) is 52.6 Å². The molecule has 12 heavy (non-hydrogen) atoms. The highest BCUT2D eigenvalue weighted by Gasteiger charge is 2.09. The molecular formula is C7H9ClO4. The van der Waals surface area contributed by atoms with Gasteiger partial charge in [0.2, 0.25) is 0 Å². The summed E-state index contributed by atoms with van der Waals surface area (Å²) in [5.41, 5.74) is 0. The summed E-state index contributed by atoms with van der Waals surface area (Å²) >= 11 is 5.46. The second-order valence-corrected chi connectivity index (χ2v) is 2.58. The van der Waals surface area contributed by atoms with Crippen LogP contribution >= 0.6 is 11.6 Å². The molecule has 0 radical (unpaired) electrons. The van der Waals surface area contributed by atoms with Crippen LogP contribution in [-0.2, 0) is 19.1 Å². The third kappa shape index (κ3) is 4.73. The Morgan fingerprint density at radius 2 is 1.33 bits per heavy atom. The van der Waals surface area contributed by atoms with E-state index in [2.05, 4.69) is 9.47 Å². The number of hydrogen-bond acceptors (Lipinski definition) is 4. The molecule has 0 N–H and O–H groups in total. The lowest BCUT2D eigenvalue weighted by Crippen LogP contribution is -2.07. The Balaban J connectivity index is 4.37. The number of allylic oxidation sites excluding steroid dienone is 1. The largest absolute Gasteiger partial charge is 0.392 e. The first-order valence-electron chi connectivity index (χ1n) is 3.16. The monoisotopic (exact) mass is 192 g/mol. The molecule has 0 aromatic rings. The zero-order valence-corrected chi connectivity index (χ0v) is 7.77. The van der Waals surface area contributed by atoms with Gasteiger partial charge in [-0.3, -0.25) is 9.59 Å². The Hall–Kier alpha value is -1.03. The van der Waals surface area contributed by atoms with Gasteiger partial charge in [0.25, 0.3) is 0 Å². The lowest BCUT2D eigenvalue weighted by atomic mass is 10.6. The average molecular weight is 193 g/mol. The predicted molar refractivity (Wildman–Crippen MR) is 42.1 cm³/mol. The molecule has 0 amide bonds. The van der Waals surface area contributed by atoms with Crippen LogP contribution in [-0.4, -0.2) is 11.9 Å². The highest BCUT2D eigenvalue weighted by Crippen LogP contribution is 2.11. The van der Waals surface area contributed by atoms with Crippen molar-refractivity contribution in [2.24, 2.45) is 0 Å². The summed E-state index contributed by atoms with van der Waals surface area (Å²) < 4.78 is 8.98. The van der Waals surface area contributed by atoms with Gasteiger partial charge in [0.05, 0.1) is 5.03 Å². The summed E-state index contributed by atoms with van der Waals surface area (Å²) in [5, 5.41) is 0.111. The molecular weight excluding hydrogens is 184 g/mol. The van der Waals surface area contributed by atoms with Crippen LogP contribution in [0.3, 0.4) is 0 Å². The van der Waals surface area contributed by atoms with Gasteiger partial charge < -0.3 is 9.47 Å². The van der Waals surface area contributed by atoms with Crippen molar-refractivity contribution in [3.63, 3.8) is 0 Å². The van der Waals surface area contributed by atoms with Gasteiger partial charge in [-0.15, -0.1) is 0 Å². The Bertz CT molecular complexity index is 210. The van der Waals surface area contributed by atoms with Gasteiger partial charge in [-0.2, -0.15) is 0 Å². The van der Waals surface area contributed by atoms with Crippen molar-refractivity contribution in [1.29, 1.82) is 0 Å². The zero-order valence-electron chi connectivity index (χ0n) is 7.01. The molecule has 5 heteroatoms. The minimum absolute atomic E-state index is 0.111. The summed E-state index contributed by atoms with van der Waals surface area (Å²) in [6, 6.07) is 0. The number of carbonyl (C=O) groups is 2. The number of ether oxygens (including phenoxy) is 2. The maximum atomic E-state index is 10.4. The van der Waals surface area contributed by atoms with Gasteiger partial charge in [0, 0.05) is 13.8 Å². The summed E-state index contributed by atoms with van der Waals surface area (Å²) in [5.74, 6) is -1.45. The van der Waals surface area contributed by atoms with E-state index in [0.717, 1.165) is 0 Å². The van der Waals surface area contributed by atoms with E-state index >= 15 is 0 Å². The molecule has 0 unspecified atom stereocenters. The number of hydrogen-bond donors (Lipinski definition) is 0. The van der Waals surface area contributed by atoms with Crippen LogP contribution in [0.1, 0.15) is 20.8 Å². The standard InChI is InChI=1S/C7H9ClO4/c1-4(8)7(11-5(2)9)12-6(3)10/h1-3H3. The van der Waals surface area contributed by atoms with Crippen molar-refractivity contribution in [2.45, 2.75) is 20.8 Å². The lowest BCUT2D eigenvalue weighted by molar-refractivity contribution is -0.151. The first-order chi connectivity index (χ1) is 5.43. The number of halogens is 1. The molecule has 0 aliphatic carbocycles. The van der Waals surface area contributed by atoms with Gasteiger partial charge in [-0.1, -0.05) is 11.6 Å². The van der Waals surface area contributed by atoms with Crippen LogP contribution < -0.4 is 0 Å². The van der Waals surface area contributed by atoms with Crippen molar-refractivity contribution in [1.82, 2.24) is 0 Å². The second kappa shape index (κ2) is 4.77. The van der Waals surface area contributed by atoms with Crippen molar-refractivity contribution in [2.75, 3.05) is 0 Å². The minimum atomic E-state index is -0.591. The molecule has 68 valence electrons. The maximum Gasteiger partial charge on any atom is 0.310 e. The fourth-order valence-electron chi connectivity index (χ4n) is 0.423. The molecule has 0 heterocycles. The van der Waals surface area contributed by atoms with E-state index in [9.17, 15) is 9.59 Å². The summed E-state index contributed by atoms with van der Waals surface area (Å²) in [7, 11) is 0. The summed E-state index contributed by atoms with van der Waals surface area (Å²) in [6.45, 7) is 3.81. The van der Waals surface area contributed by atoms with Crippen LogP contribution in [0.5, 0.6) is 0 Å². The fourth-order valence-corrected chi connectivity index (χ4v) is 0.500. The normalized spacial score (nSPS) is 8.67. The van der Waals surface area contributed by atoms with Crippen molar-refractivity contribution < 1.29 is 19.1 Å². The Labute approximate surface area is 75.1 Å². The quantitative estimate of drug-likeness (QED) is 0.492. The Morgan fingerprint density at radius 1 is 1.00 bits per heavy atom. The highest BCUT2D eigenvalue weighted by atomic mass is 35.5. The van der Waals surface area contributed by atoms with Crippen molar-refractivity contribution in [3.8, 4) is 0 Å². The zero-order chi connectivity index (χ0) is 9.72. The van der Waals surface area contributed by atoms with E-state index in [0.29, 0.717) is 0 Å². The average Bonchev–Trinajstić information content (AvgIpc) is 1.83. The number of rotatable bonds is 2. The minimum Gasteiger partial charge on any atom is -0.392 e. The summed E-state index contributed by atoms with van der Waals surface area (Å²) in [6.07, 6.45) is 0. The highest BCUT2D eigenvalue weighted by molar-refractivity contribution is 6.29. The summed E-state index contributed by atoms with van der Waals surface area (Å²) in [4.78, 5) is 20.9. The van der Waals surface area contributed by atoms with E-state index in [1.54, 1.807) is 0 Å². The molecule has 0 saturated carbocycles. The fraction of sp³-hybridized carbons (Fsp3) is 0.429. The Kier molecular flexibility index (Phi) is 4.36. The lowest BCUT2D eigenvalue weighted by Gasteiger charge is -2.05. The number of carbonyl (C=O) groups excluding carboxylic acids is 2. The van der Waals surface area contributed by atoms with E-state index in [1.807, 2.05) is 0 Å². The molecule has 0 fully saturated rings.